The molecule has 1 aromatic heterocycles. The first kappa shape index (κ1) is 13.2. The number of hydrogen-bond acceptors (Lipinski definition) is 4. The second-order valence-electron chi connectivity index (χ2n) is 4.52. The van der Waals surface area contributed by atoms with E-state index in [1.807, 2.05) is 11.8 Å². The van der Waals surface area contributed by atoms with Gasteiger partial charge in [-0.3, -0.25) is 9.78 Å². The molecule has 98 valence electrons. The number of rotatable bonds is 4. The summed E-state index contributed by atoms with van der Waals surface area (Å²) < 4.78 is 0. The maximum Gasteiger partial charge on any atom is 0.253 e. The molecule has 1 fully saturated rings. The first-order valence-corrected chi connectivity index (χ1v) is 7.37. The summed E-state index contributed by atoms with van der Waals surface area (Å²) in [5.41, 5.74) is 6.71. The van der Waals surface area contributed by atoms with Crippen LogP contribution in [-0.4, -0.2) is 27.9 Å². The van der Waals surface area contributed by atoms with Gasteiger partial charge in [0.2, 0.25) is 0 Å². The highest BCUT2D eigenvalue weighted by Crippen LogP contribution is 2.29. The van der Waals surface area contributed by atoms with Gasteiger partial charge < -0.3 is 11.1 Å². The van der Waals surface area contributed by atoms with Crippen molar-refractivity contribution in [1.82, 2.24) is 10.3 Å². The Kier molecular flexibility index (Phi) is 4.47. The third-order valence-electron chi connectivity index (χ3n) is 3.22. The second-order valence-corrected chi connectivity index (χ2v) is 6.10. The summed E-state index contributed by atoms with van der Waals surface area (Å²) in [5, 5.41) is 3.75. The quantitative estimate of drug-likeness (QED) is 0.874. The molecule has 0 bridgehead atoms. The van der Waals surface area contributed by atoms with Gasteiger partial charge in [-0.1, -0.05) is 6.92 Å². The Hall–Kier alpha value is -1.23. The lowest BCUT2D eigenvalue weighted by molar-refractivity contribution is 0.0939. The largest absolute Gasteiger partial charge is 0.397 e. The van der Waals surface area contributed by atoms with Gasteiger partial charge in [-0.05, 0) is 31.1 Å². The number of amides is 1. The molecule has 1 amide bonds. The molecule has 1 aromatic rings. The summed E-state index contributed by atoms with van der Waals surface area (Å²) in [4.78, 5) is 15.9. The molecule has 2 unspecified atom stereocenters. The predicted octanol–water partition coefficient (Wildman–Crippen LogP) is 2.07. The van der Waals surface area contributed by atoms with Gasteiger partial charge in [-0.2, -0.15) is 11.8 Å². The molecule has 0 radical (unpaired) electrons. The fourth-order valence-corrected chi connectivity index (χ4v) is 3.48. The van der Waals surface area contributed by atoms with E-state index < -0.39 is 0 Å². The number of nitrogens with one attached hydrogen (secondary N) is 1. The lowest BCUT2D eigenvalue weighted by Crippen LogP contribution is -2.33. The molecule has 4 nitrogen and oxygen atoms in total. The molecule has 1 aliphatic carbocycles. The lowest BCUT2D eigenvalue weighted by Gasteiger charge is -2.13. The molecule has 3 N–H and O–H groups in total. The highest BCUT2D eigenvalue weighted by Gasteiger charge is 2.26. The van der Waals surface area contributed by atoms with E-state index in [4.69, 9.17) is 5.73 Å². The van der Waals surface area contributed by atoms with Crippen molar-refractivity contribution in [3.63, 3.8) is 0 Å². The molecule has 0 aromatic carbocycles. The minimum absolute atomic E-state index is 0.0814. The van der Waals surface area contributed by atoms with Gasteiger partial charge in [0.05, 0.1) is 17.4 Å². The Bertz CT molecular complexity index is 424. The maximum absolute atomic E-state index is 12.1. The molecule has 2 atom stereocenters. The number of carbonyl (C=O) groups is 1. The maximum atomic E-state index is 12.1. The Morgan fingerprint density at radius 1 is 1.61 bits per heavy atom. The zero-order valence-electron chi connectivity index (χ0n) is 10.6. The van der Waals surface area contributed by atoms with Crippen LogP contribution in [0.3, 0.4) is 0 Å². The summed E-state index contributed by atoms with van der Waals surface area (Å²) in [7, 11) is 0. The monoisotopic (exact) mass is 265 g/mol. The van der Waals surface area contributed by atoms with Gasteiger partial charge >= 0.3 is 0 Å². The average molecular weight is 265 g/mol. The van der Waals surface area contributed by atoms with Crippen molar-refractivity contribution in [2.75, 3.05) is 11.5 Å². The minimum atomic E-state index is -0.0814. The van der Waals surface area contributed by atoms with Gasteiger partial charge in [-0.25, -0.2) is 0 Å². The van der Waals surface area contributed by atoms with Gasteiger partial charge in [0, 0.05) is 17.5 Å². The standard InChI is InChI=1S/C13H19N3OS/c1-2-18-10-4-3-9(7-10)16-13(17)11-5-6-15-8-12(11)14/h5-6,8-10H,2-4,7,14H2,1H3,(H,16,17). The van der Waals surface area contributed by atoms with E-state index in [-0.39, 0.29) is 11.9 Å². The van der Waals surface area contributed by atoms with Crippen molar-refractivity contribution in [1.29, 1.82) is 0 Å². The van der Waals surface area contributed by atoms with Crippen LogP contribution in [0.2, 0.25) is 0 Å². The van der Waals surface area contributed by atoms with E-state index in [1.54, 1.807) is 12.3 Å². The second kappa shape index (κ2) is 6.09. The first-order valence-electron chi connectivity index (χ1n) is 6.32. The number of hydrogen-bond donors (Lipinski definition) is 2. The van der Waals surface area contributed by atoms with Crippen molar-refractivity contribution in [3.05, 3.63) is 24.0 Å². The topological polar surface area (TPSA) is 68.0 Å². The van der Waals surface area contributed by atoms with Crippen LogP contribution in [0.25, 0.3) is 0 Å². The molecular weight excluding hydrogens is 246 g/mol. The van der Waals surface area contributed by atoms with Gasteiger partial charge in [0.1, 0.15) is 0 Å². The normalized spacial score (nSPS) is 22.9. The third-order valence-corrected chi connectivity index (χ3v) is 4.45. The zero-order valence-corrected chi connectivity index (χ0v) is 11.4. The van der Waals surface area contributed by atoms with Crippen LogP contribution in [0.5, 0.6) is 0 Å². The lowest BCUT2D eigenvalue weighted by atomic mass is 10.2. The number of pyridine rings is 1. The molecule has 0 aliphatic heterocycles. The summed E-state index contributed by atoms with van der Waals surface area (Å²) in [6.45, 7) is 2.17. The van der Waals surface area contributed by atoms with Crippen molar-refractivity contribution in [3.8, 4) is 0 Å². The molecule has 2 rings (SSSR count). The van der Waals surface area contributed by atoms with Crippen LogP contribution in [0, 0.1) is 0 Å². The van der Waals surface area contributed by atoms with Crippen LogP contribution in [0.15, 0.2) is 18.5 Å². The molecule has 0 saturated heterocycles. The van der Waals surface area contributed by atoms with Gasteiger partial charge in [0.15, 0.2) is 0 Å². The van der Waals surface area contributed by atoms with Crippen molar-refractivity contribution >= 4 is 23.4 Å². The number of aromatic nitrogens is 1. The van der Waals surface area contributed by atoms with E-state index in [9.17, 15) is 4.79 Å². The Morgan fingerprint density at radius 2 is 2.44 bits per heavy atom. The predicted molar refractivity (Wildman–Crippen MR) is 75.7 cm³/mol. The van der Waals surface area contributed by atoms with Crippen molar-refractivity contribution < 1.29 is 4.79 Å². The van der Waals surface area contributed by atoms with Crippen LogP contribution in [0.4, 0.5) is 5.69 Å². The number of nitrogen functional groups attached to an aromatic ring is 1. The third kappa shape index (κ3) is 3.16. The van der Waals surface area contributed by atoms with Gasteiger partial charge in [0.25, 0.3) is 5.91 Å². The van der Waals surface area contributed by atoms with E-state index in [1.165, 1.54) is 12.6 Å². The summed E-state index contributed by atoms with van der Waals surface area (Å²) in [6, 6.07) is 1.95. The zero-order chi connectivity index (χ0) is 13.0. The molecule has 5 heteroatoms. The molecule has 18 heavy (non-hydrogen) atoms. The van der Waals surface area contributed by atoms with Crippen LogP contribution >= 0.6 is 11.8 Å². The molecule has 0 spiro atoms. The van der Waals surface area contributed by atoms with Crippen LogP contribution in [0.1, 0.15) is 36.5 Å². The number of nitrogens with zero attached hydrogens (tertiary/aromatic N) is 1. The summed E-state index contributed by atoms with van der Waals surface area (Å²) in [5.74, 6) is 1.06. The number of carbonyl (C=O) groups excluding carboxylic acids is 1. The molecule has 1 heterocycles. The molecule has 1 aliphatic rings. The fraction of sp³-hybridized carbons (Fsp3) is 0.538. The van der Waals surface area contributed by atoms with Gasteiger partial charge in [-0.15, -0.1) is 0 Å². The smallest absolute Gasteiger partial charge is 0.253 e. The van der Waals surface area contributed by atoms with E-state index >= 15 is 0 Å². The Balaban J connectivity index is 1.91. The molecule has 1 saturated carbocycles. The van der Waals surface area contributed by atoms with E-state index in [0.717, 1.165) is 18.6 Å². The summed E-state index contributed by atoms with van der Waals surface area (Å²) >= 11 is 1.98. The number of anilines is 1. The van der Waals surface area contributed by atoms with Crippen LogP contribution < -0.4 is 11.1 Å². The van der Waals surface area contributed by atoms with Crippen molar-refractivity contribution in [2.45, 2.75) is 37.5 Å². The van der Waals surface area contributed by atoms with Crippen LogP contribution in [-0.2, 0) is 0 Å². The fourth-order valence-electron chi connectivity index (χ4n) is 2.33. The SMILES string of the molecule is CCSC1CCC(NC(=O)c2ccncc2N)C1. The highest BCUT2D eigenvalue weighted by atomic mass is 32.2. The first-order chi connectivity index (χ1) is 8.70. The van der Waals surface area contributed by atoms with E-state index in [2.05, 4.69) is 17.2 Å². The van der Waals surface area contributed by atoms with Crippen molar-refractivity contribution in [2.24, 2.45) is 0 Å². The summed E-state index contributed by atoms with van der Waals surface area (Å²) in [6.07, 6.45) is 6.42. The Labute approximate surface area is 112 Å². The Morgan fingerprint density at radius 3 is 3.17 bits per heavy atom. The number of nitrogens with two attached hydrogens (primary N) is 1. The van der Waals surface area contributed by atoms with E-state index in [0.29, 0.717) is 16.5 Å². The average Bonchev–Trinajstić information content (AvgIpc) is 2.77. The molecular formula is C13H19N3OS. The highest BCUT2D eigenvalue weighted by molar-refractivity contribution is 7.99. The number of thioether (sulfide) groups is 1. The minimum Gasteiger partial charge on any atom is -0.397 e.